The lowest BCUT2D eigenvalue weighted by molar-refractivity contribution is 0.0526. The summed E-state index contributed by atoms with van der Waals surface area (Å²) in [6.07, 6.45) is 0. The standard InChI is InChI=1S/C21H20ClN3O3/c1-2-28-21(26)15-5-3-14(4-6-15)19-18-13-16(22)7-8-17(18)20(24-23-19)25-9-11-27-12-10-25/h3-8,13H,2,9-12H2,1H3. The Kier molecular flexibility index (Phi) is 5.41. The Morgan fingerprint density at radius 2 is 1.86 bits per heavy atom. The molecule has 0 N–H and O–H groups in total. The van der Waals surface area contributed by atoms with E-state index < -0.39 is 0 Å². The average molecular weight is 398 g/mol. The number of carbonyl (C=O) groups is 1. The molecular formula is C21H20ClN3O3. The highest BCUT2D eigenvalue weighted by molar-refractivity contribution is 6.31. The molecule has 7 heteroatoms. The molecule has 4 rings (SSSR count). The highest BCUT2D eigenvalue weighted by Crippen LogP contribution is 2.33. The van der Waals surface area contributed by atoms with Gasteiger partial charge in [-0.05, 0) is 37.3 Å². The van der Waals surface area contributed by atoms with Crippen LogP contribution < -0.4 is 4.90 Å². The Hall–Kier alpha value is -2.70. The Balaban J connectivity index is 1.77. The second-order valence-electron chi connectivity index (χ2n) is 6.46. The molecule has 0 unspecified atom stereocenters. The third-order valence-electron chi connectivity index (χ3n) is 4.70. The summed E-state index contributed by atoms with van der Waals surface area (Å²) in [7, 11) is 0. The van der Waals surface area contributed by atoms with Crippen molar-refractivity contribution in [1.82, 2.24) is 10.2 Å². The van der Waals surface area contributed by atoms with Crippen molar-refractivity contribution in [3.8, 4) is 11.3 Å². The maximum Gasteiger partial charge on any atom is 0.338 e. The molecular weight excluding hydrogens is 378 g/mol. The van der Waals surface area contributed by atoms with Gasteiger partial charge < -0.3 is 14.4 Å². The van der Waals surface area contributed by atoms with Crippen molar-refractivity contribution in [2.75, 3.05) is 37.8 Å². The fourth-order valence-corrected chi connectivity index (χ4v) is 3.49. The van der Waals surface area contributed by atoms with Gasteiger partial charge in [-0.15, -0.1) is 10.2 Å². The van der Waals surface area contributed by atoms with Gasteiger partial charge in [0, 0.05) is 34.4 Å². The van der Waals surface area contributed by atoms with Gasteiger partial charge in [0.1, 0.15) is 5.69 Å². The van der Waals surface area contributed by atoms with Crippen LogP contribution in [0, 0.1) is 0 Å². The molecule has 1 aliphatic rings. The van der Waals surface area contributed by atoms with Gasteiger partial charge in [-0.2, -0.15) is 0 Å². The Morgan fingerprint density at radius 3 is 2.57 bits per heavy atom. The molecule has 144 valence electrons. The first kappa shape index (κ1) is 18.7. The van der Waals surface area contributed by atoms with Crippen molar-refractivity contribution >= 4 is 34.2 Å². The maximum atomic E-state index is 11.9. The van der Waals surface area contributed by atoms with Crippen LogP contribution in [0.4, 0.5) is 5.82 Å². The minimum Gasteiger partial charge on any atom is -0.462 e. The van der Waals surface area contributed by atoms with E-state index in [4.69, 9.17) is 21.1 Å². The number of aromatic nitrogens is 2. The van der Waals surface area contributed by atoms with Gasteiger partial charge >= 0.3 is 5.97 Å². The second-order valence-corrected chi connectivity index (χ2v) is 6.90. The largest absolute Gasteiger partial charge is 0.462 e. The average Bonchev–Trinajstić information content (AvgIpc) is 2.74. The second kappa shape index (κ2) is 8.12. The van der Waals surface area contributed by atoms with Crippen molar-refractivity contribution in [3.63, 3.8) is 0 Å². The Morgan fingerprint density at radius 1 is 1.11 bits per heavy atom. The lowest BCUT2D eigenvalue weighted by Gasteiger charge is -2.28. The first-order valence-corrected chi connectivity index (χ1v) is 9.61. The zero-order valence-electron chi connectivity index (χ0n) is 15.5. The van der Waals surface area contributed by atoms with Crippen molar-refractivity contribution in [1.29, 1.82) is 0 Å². The van der Waals surface area contributed by atoms with Crippen LogP contribution in [0.2, 0.25) is 5.02 Å². The molecule has 0 aliphatic carbocycles. The number of anilines is 1. The van der Waals surface area contributed by atoms with Crippen molar-refractivity contribution in [2.45, 2.75) is 6.92 Å². The molecule has 0 atom stereocenters. The molecule has 2 heterocycles. The van der Waals surface area contributed by atoms with E-state index in [9.17, 15) is 4.79 Å². The minimum absolute atomic E-state index is 0.337. The summed E-state index contributed by atoms with van der Waals surface area (Å²) in [5, 5.41) is 11.6. The molecule has 0 saturated carbocycles. The zero-order valence-corrected chi connectivity index (χ0v) is 16.3. The number of morpholine rings is 1. The van der Waals surface area contributed by atoms with E-state index in [0.29, 0.717) is 30.4 Å². The predicted molar refractivity (Wildman–Crippen MR) is 109 cm³/mol. The quantitative estimate of drug-likeness (QED) is 0.621. The number of halogens is 1. The summed E-state index contributed by atoms with van der Waals surface area (Å²) in [6.45, 7) is 5.04. The van der Waals surface area contributed by atoms with E-state index in [-0.39, 0.29) is 5.97 Å². The maximum absolute atomic E-state index is 11.9. The molecule has 1 aliphatic heterocycles. The monoisotopic (exact) mass is 397 g/mol. The van der Waals surface area contributed by atoms with Gasteiger partial charge in [-0.1, -0.05) is 23.7 Å². The summed E-state index contributed by atoms with van der Waals surface area (Å²) in [6, 6.07) is 12.9. The van der Waals surface area contributed by atoms with Gasteiger partial charge in [0.2, 0.25) is 0 Å². The molecule has 1 fully saturated rings. The number of nitrogens with zero attached hydrogens (tertiary/aromatic N) is 3. The third-order valence-corrected chi connectivity index (χ3v) is 4.94. The topological polar surface area (TPSA) is 64.5 Å². The van der Waals surface area contributed by atoms with Crippen LogP contribution in [-0.4, -0.2) is 49.1 Å². The number of hydrogen-bond donors (Lipinski definition) is 0. The van der Waals surface area contributed by atoms with Gasteiger partial charge in [0.15, 0.2) is 5.82 Å². The van der Waals surface area contributed by atoms with E-state index in [1.54, 1.807) is 19.1 Å². The highest BCUT2D eigenvalue weighted by Gasteiger charge is 2.19. The van der Waals surface area contributed by atoms with Crippen molar-refractivity contribution < 1.29 is 14.3 Å². The number of benzene rings is 2. The van der Waals surface area contributed by atoms with Crippen LogP contribution in [0.5, 0.6) is 0 Å². The lowest BCUT2D eigenvalue weighted by Crippen LogP contribution is -2.37. The van der Waals surface area contributed by atoms with Crippen LogP contribution in [-0.2, 0) is 9.47 Å². The van der Waals surface area contributed by atoms with Crippen molar-refractivity contribution in [3.05, 3.63) is 53.1 Å². The first-order chi connectivity index (χ1) is 13.7. The number of carbonyl (C=O) groups excluding carboxylic acids is 1. The van der Waals surface area contributed by atoms with Crippen LogP contribution in [0.1, 0.15) is 17.3 Å². The molecule has 0 bridgehead atoms. The fraction of sp³-hybridized carbons (Fsp3) is 0.286. The molecule has 28 heavy (non-hydrogen) atoms. The third kappa shape index (κ3) is 3.66. The summed E-state index contributed by atoms with van der Waals surface area (Å²) < 4.78 is 10.5. The number of ether oxygens (including phenoxy) is 2. The van der Waals surface area contributed by atoms with E-state index in [2.05, 4.69) is 15.1 Å². The zero-order chi connectivity index (χ0) is 19.5. The summed E-state index contributed by atoms with van der Waals surface area (Å²) in [5.74, 6) is 0.498. The molecule has 0 amide bonds. The number of fused-ring (bicyclic) bond motifs is 1. The summed E-state index contributed by atoms with van der Waals surface area (Å²) >= 11 is 6.27. The van der Waals surface area contributed by atoms with Gasteiger partial charge in [-0.3, -0.25) is 0 Å². The summed E-state index contributed by atoms with van der Waals surface area (Å²) in [4.78, 5) is 14.1. The molecule has 6 nitrogen and oxygen atoms in total. The summed E-state index contributed by atoms with van der Waals surface area (Å²) in [5.41, 5.74) is 2.09. The lowest BCUT2D eigenvalue weighted by atomic mass is 10.0. The molecule has 1 aromatic heterocycles. The van der Waals surface area contributed by atoms with E-state index in [1.807, 2.05) is 30.3 Å². The number of hydrogen-bond acceptors (Lipinski definition) is 6. The highest BCUT2D eigenvalue weighted by atomic mass is 35.5. The molecule has 2 aromatic carbocycles. The normalized spacial score (nSPS) is 14.3. The number of rotatable bonds is 4. The van der Waals surface area contributed by atoms with Crippen LogP contribution in [0.15, 0.2) is 42.5 Å². The van der Waals surface area contributed by atoms with Crippen LogP contribution in [0.3, 0.4) is 0 Å². The SMILES string of the molecule is CCOC(=O)c1ccc(-c2nnc(N3CCOCC3)c3ccc(Cl)cc23)cc1. The smallest absolute Gasteiger partial charge is 0.338 e. The molecule has 1 saturated heterocycles. The molecule has 3 aromatic rings. The van der Waals surface area contributed by atoms with Crippen LogP contribution in [0.25, 0.3) is 22.0 Å². The van der Waals surface area contributed by atoms with Crippen LogP contribution >= 0.6 is 11.6 Å². The van der Waals surface area contributed by atoms with Crippen molar-refractivity contribution in [2.24, 2.45) is 0 Å². The minimum atomic E-state index is -0.337. The van der Waals surface area contributed by atoms with E-state index >= 15 is 0 Å². The molecule has 0 spiro atoms. The Bertz CT molecular complexity index is 1000. The van der Waals surface area contributed by atoms with Gasteiger partial charge in [-0.25, -0.2) is 4.79 Å². The van der Waals surface area contributed by atoms with Gasteiger partial charge in [0.25, 0.3) is 0 Å². The number of esters is 1. The predicted octanol–water partition coefficient (Wildman–Crippen LogP) is 3.96. The molecule has 0 radical (unpaired) electrons. The fourth-order valence-electron chi connectivity index (χ4n) is 3.31. The van der Waals surface area contributed by atoms with E-state index in [0.717, 1.165) is 40.9 Å². The first-order valence-electron chi connectivity index (χ1n) is 9.23. The van der Waals surface area contributed by atoms with E-state index in [1.165, 1.54) is 0 Å². The van der Waals surface area contributed by atoms with Gasteiger partial charge in [0.05, 0.1) is 25.4 Å². The Labute approximate surface area is 168 Å².